The van der Waals surface area contributed by atoms with Gasteiger partial charge in [0.25, 0.3) is 0 Å². The van der Waals surface area contributed by atoms with E-state index in [-0.39, 0.29) is 6.29 Å². The van der Waals surface area contributed by atoms with Crippen LogP contribution in [-0.2, 0) is 15.9 Å². The van der Waals surface area contributed by atoms with Crippen molar-refractivity contribution in [2.24, 2.45) is 0 Å². The van der Waals surface area contributed by atoms with Crippen LogP contribution in [0.15, 0.2) is 22.7 Å². The van der Waals surface area contributed by atoms with E-state index in [4.69, 9.17) is 9.47 Å². The number of rotatable bonds is 5. The molecule has 0 amide bonds. The molecule has 1 N–H and O–H groups in total. The molecule has 4 heteroatoms. The Morgan fingerprint density at radius 1 is 1.41 bits per heavy atom. The number of nitrogens with one attached hydrogen (secondary N) is 1. The summed E-state index contributed by atoms with van der Waals surface area (Å²) >= 11 is 3.60. The van der Waals surface area contributed by atoms with E-state index >= 15 is 0 Å². The van der Waals surface area contributed by atoms with Gasteiger partial charge in [-0.05, 0) is 30.0 Å². The second-order valence-corrected chi connectivity index (χ2v) is 5.06. The van der Waals surface area contributed by atoms with Gasteiger partial charge in [0.1, 0.15) is 0 Å². The standard InChI is InChI=1S/C13H18BrNO2/c1-16-13(17-2)8-15-12-7-6-9-10(12)4-3-5-11(9)14/h3-5,12-13,15H,6-8H2,1-2H3. The Balaban J connectivity index is 2.00. The van der Waals surface area contributed by atoms with Gasteiger partial charge in [0, 0.05) is 31.3 Å². The average molecular weight is 300 g/mol. The lowest BCUT2D eigenvalue weighted by Gasteiger charge is -2.19. The minimum Gasteiger partial charge on any atom is -0.355 e. The molecule has 0 heterocycles. The zero-order valence-electron chi connectivity index (χ0n) is 10.2. The first-order valence-electron chi connectivity index (χ1n) is 5.82. The zero-order valence-corrected chi connectivity index (χ0v) is 11.8. The summed E-state index contributed by atoms with van der Waals surface area (Å²) in [7, 11) is 3.32. The molecule has 1 atom stereocenters. The second kappa shape index (κ2) is 5.96. The first-order chi connectivity index (χ1) is 8.26. The fourth-order valence-corrected chi connectivity index (χ4v) is 2.90. The summed E-state index contributed by atoms with van der Waals surface area (Å²) in [6.07, 6.45) is 2.09. The van der Waals surface area contributed by atoms with Gasteiger partial charge in [-0.1, -0.05) is 28.1 Å². The van der Waals surface area contributed by atoms with Crippen LogP contribution in [0.1, 0.15) is 23.6 Å². The predicted octanol–water partition coefficient (Wildman–Crippen LogP) is 2.64. The maximum atomic E-state index is 5.18. The molecule has 1 aromatic rings. The van der Waals surface area contributed by atoms with E-state index < -0.39 is 0 Å². The van der Waals surface area contributed by atoms with Gasteiger partial charge in [-0.25, -0.2) is 0 Å². The van der Waals surface area contributed by atoms with Crippen LogP contribution in [0, 0.1) is 0 Å². The number of hydrogen-bond acceptors (Lipinski definition) is 3. The Labute approximate surface area is 111 Å². The first-order valence-corrected chi connectivity index (χ1v) is 6.61. The highest BCUT2D eigenvalue weighted by molar-refractivity contribution is 9.10. The summed E-state index contributed by atoms with van der Waals surface area (Å²) in [6, 6.07) is 6.80. The van der Waals surface area contributed by atoms with Crippen molar-refractivity contribution in [2.45, 2.75) is 25.2 Å². The third-order valence-electron chi connectivity index (χ3n) is 3.27. The number of hydrogen-bond donors (Lipinski definition) is 1. The summed E-state index contributed by atoms with van der Waals surface area (Å²) in [4.78, 5) is 0. The Hall–Kier alpha value is -0.420. The number of fused-ring (bicyclic) bond motifs is 1. The Morgan fingerprint density at radius 3 is 2.88 bits per heavy atom. The molecular formula is C13H18BrNO2. The van der Waals surface area contributed by atoms with Crippen molar-refractivity contribution in [2.75, 3.05) is 20.8 Å². The molecule has 0 aromatic heterocycles. The fourth-order valence-electron chi connectivity index (χ4n) is 2.32. The molecular weight excluding hydrogens is 282 g/mol. The molecule has 1 aliphatic carbocycles. The van der Waals surface area contributed by atoms with Crippen LogP contribution in [0.5, 0.6) is 0 Å². The molecule has 0 fully saturated rings. The number of benzene rings is 1. The number of halogens is 1. The zero-order chi connectivity index (χ0) is 12.3. The summed E-state index contributed by atoms with van der Waals surface area (Å²) in [5.41, 5.74) is 2.82. The lowest BCUT2D eigenvalue weighted by Crippen LogP contribution is -2.31. The van der Waals surface area contributed by atoms with Crippen molar-refractivity contribution < 1.29 is 9.47 Å². The maximum Gasteiger partial charge on any atom is 0.169 e. The van der Waals surface area contributed by atoms with Crippen LogP contribution in [0.3, 0.4) is 0 Å². The first kappa shape index (κ1) is 13.0. The van der Waals surface area contributed by atoms with Crippen molar-refractivity contribution in [3.63, 3.8) is 0 Å². The Morgan fingerprint density at radius 2 is 2.18 bits per heavy atom. The van der Waals surface area contributed by atoms with Gasteiger partial charge < -0.3 is 14.8 Å². The average Bonchev–Trinajstić information content (AvgIpc) is 2.75. The van der Waals surface area contributed by atoms with Gasteiger partial charge in [-0.15, -0.1) is 0 Å². The SMILES string of the molecule is COC(CNC1CCc2c(Br)cccc21)OC. The normalized spacial score (nSPS) is 18.7. The number of methoxy groups -OCH3 is 2. The lowest BCUT2D eigenvalue weighted by atomic mass is 10.1. The van der Waals surface area contributed by atoms with Crippen LogP contribution in [0.25, 0.3) is 0 Å². The van der Waals surface area contributed by atoms with Crippen LogP contribution < -0.4 is 5.32 Å². The predicted molar refractivity (Wildman–Crippen MR) is 71.0 cm³/mol. The second-order valence-electron chi connectivity index (χ2n) is 4.21. The molecule has 2 rings (SSSR count). The maximum absolute atomic E-state index is 5.18. The topological polar surface area (TPSA) is 30.5 Å². The van der Waals surface area contributed by atoms with Crippen LogP contribution in [0.4, 0.5) is 0 Å². The van der Waals surface area contributed by atoms with Crippen molar-refractivity contribution >= 4 is 15.9 Å². The Kier molecular flexibility index (Phi) is 4.56. The van der Waals surface area contributed by atoms with Crippen molar-refractivity contribution in [3.05, 3.63) is 33.8 Å². The smallest absolute Gasteiger partial charge is 0.169 e. The van der Waals surface area contributed by atoms with E-state index in [1.807, 2.05) is 0 Å². The van der Waals surface area contributed by atoms with E-state index in [2.05, 4.69) is 39.4 Å². The highest BCUT2D eigenvalue weighted by Crippen LogP contribution is 2.35. The molecule has 3 nitrogen and oxygen atoms in total. The number of ether oxygens (including phenoxy) is 2. The minimum atomic E-state index is -0.175. The summed E-state index contributed by atoms with van der Waals surface area (Å²) in [5, 5.41) is 3.50. The van der Waals surface area contributed by atoms with E-state index in [1.54, 1.807) is 14.2 Å². The molecule has 0 aliphatic heterocycles. The molecule has 1 aromatic carbocycles. The molecule has 0 spiro atoms. The van der Waals surface area contributed by atoms with Gasteiger partial charge in [-0.2, -0.15) is 0 Å². The molecule has 0 saturated carbocycles. The molecule has 0 saturated heterocycles. The van der Waals surface area contributed by atoms with Gasteiger partial charge in [0.05, 0.1) is 0 Å². The molecule has 17 heavy (non-hydrogen) atoms. The largest absolute Gasteiger partial charge is 0.355 e. The molecule has 1 unspecified atom stereocenters. The third kappa shape index (κ3) is 2.88. The Bertz CT molecular complexity index is 380. The van der Waals surface area contributed by atoms with Gasteiger partial charge in [0.15, 0.2) is 6.29 Å². The highest BCUT2D eigenvalue weighted by atomic mass is 79.9. The molecule has 0 radical (unpaired) electrons. The van der Waals surface area contributed by atoms with E-state index in [0.717, 1.165) is 12.8 Å². The third-order valence-corrected chi connectivity index (χ3v) is 4.01. The van der Waals surface area contributed by atoms with E-state index in [9.17, 15) is 0 Å². The van der Waals surface area contributed by atoms with Crippen LogP contribution >= 0.6 is 15.9 Å². The van der Waals surface area contributed by atoms with Crippen molar-refractivity contribution in [1.82, 2.24) is 5.32 Å². The summed E-state index contributed by atoms with van der Waals surface area (Å²) in [5.74, 6) is 0. The molecule has 0 bridgehead atoms. The minimum absolute atomic E-state index is 0.175. The van der Waals surface area contributed by atoms with E-state index in [1.165, 1.54) is 15.6 Å². The van der Waals surface area contributed by atoms with Crippen molar-refractivity contribution in [1.29, 1.82) is 0 Å². The van der Waals surface area contributed by atoms with E-state index in [0.29, 0.717) is 12.6 Å². The summed E-state index contributed by atoms with van der Waals surface area (Å²) in [6.45, 7) is 0.712. The molecule has 94 valence electrons. The van der Waals surface area contributed by atoms with Gasteiger partial charge in [0.2, 0.25) is 0 Å². The fraction of sp³-hybridized carbons (Fsp3) is 0.538. The van der Waals surface area contributed by atoms with Crippen molar-refractivity contribution in [3.8, 4) is 0 Å². The summed E-state index contributed by atoms with van der Waals surface area (Å²) < 4.78 is 11.6. The highest BCUT2D eigenvalue weighted by Gasteiger charge is 2.24. The monoisotopic (exact) mass is 299 g/mol. The van der Waals surface area contributed by atoms with Crippen LogP contribution in [-0.4, -0.2) is 27.1 Å². The van der Waals surface area contributed by atoms with Gasteiger partial charge >= 0.3 is 0 Å². The van der Waals surface area contributed by atoms with Crippen LogP contribution in [0.2, 0.25) is 0 Å². The lowest BCUT2D eigenvalue weighted by molar-refractivity contribution is -0.0999. The quantitative estimate of drug-likeness (QED) is 0.848. The molecule has 1 aliphatic rings. The van der Waals surface area contributed by atoms with Gasteiger partial charge in [-0.3, -0.25) is 0 Å².